The predicted molar refractivity (Wildman–Crippen MR) is 81.5 cm³/mol. The third-order valence-corrected chi connectivity index (χ3v) is 3.08. The fraction of sp³-hybridized carbons (Fsp3) is 0.176. The van der Waals surface area contributed by atoms with Crippen LogP contribution >= 0.6 is 0 Å². The fourth-order valence-electron chi connectivity index (χ4n) is 2.05. The van der Waals surface area contributed by atoms with Crippen LogP contribution in [0.2, 0.25) is 0 Å². The Labute approximate surface area is 132 Å². The molecule has 0 aliphatic carbocycles. The number of hydrogen-bond donors (Lipinski definition) is 2. The number of benzene rings is 2. The molecule has 0 heterocycles. The number of amides is 1. The van der Waals surface area contributed by atoms with Crippen LogP contribution in [0.3, 0.4) is 0 Å². The van der Waals surface area contributed by atoms with Crippen LogP contribution in [-0.2, 0) is 9.59 Å². The fourth-order valence-corrected chi connectivity index (χ4v) is 2.05. The molecular weight excluding hydrogens is 301 g/mol. The molecule has 1 amide bonds. The summed E-state index contributed by atoms with van der Waals surface area (Å²) < 4.78 is 18.2. The summed E-state index contributed by atoms with van der Waals surface area (Å²) >= 11 is 0. The molecule has 120 valence electrons. The van der Waals surface area contributed by atoms with Crippen LogP contribution in [0.15, 0.2) is 54.6 Å². The summed E-state index contributed by atoms with van der Waals surface area (Å²) in [4.78, 5) is 22.9. The molecule has 2 N–H and O–H groups in total. The van der Waals surface area contributed by atoms with Crippen LogP contribution in [0.4, 0.5) is 4.39 Å². The van der Waals surface area contributed by atoms with Crippen molar-refractivity contribution in [2.24, 2.45) is 0 Å². The number of aliphatic carboxylic acids is 1. The number of hydrogen-bond acceptors (Lipinski definition) is 3. The number of nitrogens with one attached hydrogen (secondary N) is 1. The summed E-state index contributed by atoms with van der Waals surface area (Å²) in [7, 11) is 0. The van der Waals surface area contributed by atoms with Gasteiger partial charge in [0.2, 0.25) is 0 Å². The Kier molecular flexibility index (Phi) is 5.68. The monoisotopic (exact) mass is 317 g/mol. The number of carboxylic acid groups (broad SMARTS) is 1. The minimum absolute atomic E-state index is 0.231. The second-order valence-corrected chi connectivity index (χ2v) is 4.87. The van der Waals surface area contributed by atoms with E-state index in [9.17, 15) is 14.0 Å². The summed E-state index contributed by atoms with van der Waals surface area (Å²) in [6, 6.07) is 13.6. The molecule has 23 heavy (non-hydrogen) atoms. The highest BCUT2D eigenvalue weighted by molar-refractivity contribution is 5.79. The summed E-state index contributed by atoms with van der Waals surface area (Å²) in [5.41, 5.74) is 0.689. The van der Waals surface area contributed by atoms with Crippen molar-refractivity contribution in [3.05, 3.63) is 66.0 Å². The van der Waals surface area contributed by atoms with E-state index in [-0.39, 0.29) is 18.8 Å². The highest BCUT2D eigenvalue weighted by Gasteiger charge is 2.18. The summed E-state index contributed by atoms with van der Waals surface area (Å²) in [6.45, 7) is -0.327. The SMILES string of the molecule is O=C(O)C[C@@H](NC(=O)COc1cccc(F)c1)c1ccccc1. The van der Waals surface area contributed by atoms with Gasteiger partial charge in [-0.05, 0) is 17.7 Å². The second kappa shape index (κ2) is 7.93. The van der Waals surface area contributed by atoms with E-state index in [4.69, 9.17) is 9.84 Å². The van der Waals surface area contributed by atoms with Gasteiger partial charge in [-0.3, -0.25) is 9.59 Å². The van der Waals surface area contributed by atoms with Gasteiger partial charge in [-0.25, -0.2) is 4.39 Å². The van der Waals surface area contributed by atoms with Gasteiger partial charge in [-0.2, -0.15) is 0 Å². The normalized spacial score (nSPS) is 11.5. The molecule has 0 bridgehead atoms. The van der Waals surface area contributed by atoms with Gasteiger partial charge in [0, 0.05) is 6.07 Å². The number of carbonyl (C=O) groups is 2. The number of carboxylic acids is 1. The maximum atomic E-state index is 13.0. The Bertz CT molecular complexity index is 675. The average Bonchev–Trinajstić information content (AvgIpc) is 2.53. The smallest absolute Gasteiger partial charge is 0.305 e. The van der Waals surface area contributed by atoms with Crippen molar-refractivity contribution in [2.45, 2.75) is 12.5 Å². The zero-order valence-corrected chi connectivity index (χ0v) is 12.2. The molecule has 0 saturated heterocycles. The minimum Gasteiger partial charge on any atom is -0.484 e. The van der Waals surface area contributed by atoms with E-state index in [1.807, 2.05) is 0 Å². The Morgan fingerprint density at radius 3 is 2.52 bits per heavy atom. The lowest BCUT2D eigenvalue weighted by Crippen LogP contribution is -2.33. The first-order valence-corrected chi connectivity index (χ1v) is 6.99. The van der Waals surface area contributed by atoms with Gasteiger partial charge in [0.25, 0.3) is 5.91 Å². The molecule has 0 radical (unpaired) electrons. The Morgan fingerprint density at radius 1 is 1.13 bits per heavy atom. The average molecular weight is 317 g/mol. The molecular formula is C17H16FNO4. The van der Waals surface area contributed by atoms with Gasteiger partial charge in [0.15, 0.2) is 6.61 Å². The third-order valence-electron chi connectivity index (χ3n) is 3.08. The van der Waals surface area contributed by atoms with E-state index in [0.29, 0.717) is 5.56 Å². The lowest BCUT2D eigenvalue weighted by molar-refractivity contribution is -0.137. The Balaban J connectivity index is 1.96. The maximum Gasteiger partial charge on any atom is 0.305 e. The molecule has 2 aromatic rings. The molecule has 2 rings (SSSR count). The molecule has 0 aliphatic heterocycles. The van der Waals surface area contributed by atoms with Crippen molar-refractivity contribution in [1.82, 2.24) is 5.32 Å². The summed E-state index contributed by atoms with van der Waals surface area (Å²) in [5, 5.41) is 11.6. The maximum absolute atomic E-state index is 13.0. The lowest BCUT2D eigenvalue weighted by atomic mass is 10.0. The molecule has 0 unspecified atom stereocenters. The van der Waals surface area contributed by atoms with Crippen LogP contribution in [0, 0.1) is 5.82 Å². The van der Waals surface area contributed by atoms with Gasteiger partial charge >= 0.3 is 5.97 Å². The van der Waals surface area contributed by atoms with Crippen LogP contribution in [0.1, 0.15) is 18.0 Å². The zero-order chi connectivity index (χ0) is 16.7. The molecule has 5 nitrogen and oxygen atoms in total. The van der Waals surface area contributed by atoms with E-state index in [2.05, 4.69) is 5.32 Å². The molecule has 0 aromatic heterocycles. The molecule has 2 aromatic carbocycles. The molecule has 1 atom stereocenters. The summed E-state index contributed by atoms with van der Waals surface area (Å²) in [6.07, 6.45) is -0.240. The highest BCUT2D eigenvalue weighted by Crippen LogP contribution is 2.17. The molecule has 6 heteroatoms. The Morgan fingerprint density at radius 2 is 1.87 bits per heavy atom. The molecule has 0 spiro atoms. The van der Waals surface area contributed by atoms with Crippen LogP contribution < -0.4 is 10.1 Å². The minimum atomic E-state index is -1.02. The standard InChI is InChI=1S/C17H16FNO4/c18-13-7-4-8-14(9-13)23-11-16(20)19-15(10-17(21)22)12-5-2-1-3-6-12/h1-9,15H,10-11H2,(H,19,20)(H,21,22)/t15-/m1/s1. The van der Waals surface area contributed by atoms with Gasteiger partial charge in [0.1, 0.15) is 11.6 Å². The van der Waals surface area contributed by atoms with Crippen LogP contribution in [-0.4, -0.2) is 23.6 Å². The van der Waals surface area contributed by atoms with Gasteiger partial charge in [0.05, 0.1) is 12.5 Å². The van der Waals surface area contributed by atoms with Crippen molar-refractivity contribution in [2.75, 3.05) is 6.61 Å². The van der Waals surface area contributed by atoms with Gasteiger partial charge < -0.3 is 15.2 Å². The molecule has 0 fully saturated rings. The number of rotatable bonds is 7. The van der Waals surface area contributed by atoms with Crippen LogP contribution in [0.25, 0.3) is 0 Å². The zero-order valence-electron chi connectivity index (χ0n) is 12.2. The van der Waals surface area contributed by atoms with Crippen LogP contribution in [0.5, 0.6) is 5.75 Å². The number of carbonyl (C=O) groups excluding carboxylic acids is 1. The topological polar surface area (TPSA) is 75.6 Å². The predicted octanol–water partition coefficient (Wildman–Crippen LogP) is 2.54. The second-order valence-electron chi connectivity index (χ2n) is 4.87. The van der Waals surface area contributed by atoms with E-state index in [0.717, 1.165) is 0 Å². The molecule has 0 aliphatic rings. The van der Waals surface area contributed by atoms with E-state index in [1.54, 1.807) is 30.3 Å². The first-order valence-electron chi connectivity index (χ1n) is 6.99. The van der Waals surface area contributed by atoms with Gasteiger partial charge in [-0.1, -0.05) is 36.4 Å². The largest absolute Gasteiger partial charge is 0.484 e. The molecule has 0 saturated carbocycles. The van der Waals surface area contributed by atoms with E-state index in [1.165, 1.54) is 24.3 Å². The van der Waals surface area contributed by atoms with Crippen molar-refractivity contribution >= 4 is 11.9 Å². The van der Waals surface area contributed by atoms with Crippen molar-refractivity contribution in [3.8, 4) is 5.75 Å². The highest BCUT2D eigenvalue weighted by atomic mass is 19.1. The number of halogens is 1. The van der Waals surface area contributed by atoms with E-state index < -0.39 is 23.7 Å². The van der Waals surface area contributed by atoms with Crippen molar-refractivity contribution < 1.29 is 23.8 Å². The first kappa shape index (κ1) is 16.5. The van der Waals surface area contributed by atoms with Crippen molar-refractivity contribution in [3.63, 3.8) is 0 Å². The summed E-state index contributed by atoms with van der Waals surface area (Å²) in [5.74, 6) is -1.74. The third kappa shape index (κ3) is 5.43. The van der Waals surface area contributed by atoms with Crippen molar-refractivity contribution in [1.29, 1.82) is 0 Å². The van der Waals surface area contributed by atoms with Gasteiger partial charge in [-0.15, -0.1) is 0 Å². The first-order chi connectivity index (χ1) is 11.0. The number of ether oxygens (including phenoxy) is 1. The van der Waals surface area contributed by atoms with E-state index >= 15 is 0 Å². The lowest BCUT2D eigenvalue weighted by Gasteiger charge is -2.17. The Hall–Kier alpha value is -2.89. The quantitative estimate of drug-likeness (QED) is 0.823.